The molecule has 3 N–H and O–H groups in total. The summed E-state index contributed by atoms with van der Waals surface area (Å²) < 4.78 is 38.5. The van der Waals surface area contributed by atoms with Crippen LogP contribution in [0.2, 0.25) is 0 Å². The molecule has 196 valence electrons. The van der Waals surface area contributed by atoms with Crippen LogP contribution >= 0.6 is 11.8 Å². The Balaban J connectivity index is 1.74. The van der Waals surface area contributed by atoms with Gasteiger partial charge in [0.05, 0.1) is 17.7 Å². The first kappa shape index (κ1) is 28.1. The molecule has 0 aliphatic rings. The third-order valence-corrected chi connectivity index (χ3v) is 6.21. The largest absolute Gasteiger partial charge is 0.416 e. The van der Waals surface area contributed by atoms with E-state index < -0.39 is 23.0 Å². The van der Waals surface area contributed by atoms with Crippen LogP contribution in [0, 0.1) is 0 Å². The number of carbonyl (C=O) groups excluding carboxylic acids is 2. The molecular formula is C25H27F3N6O2S. The summed E-state index contributed by atoms with van der Waals surface area (Å²) in [7, 11) is 3.88. The number of nitrogens with one attached hydrogen (secondary N) is 3. The Morgan fingerprint density at radius 3 is 2.38 bits per heavy atom. The average Bonchev–Trinajstić information content (AvgIpc) is 2.87. The van der Waals surface area contributed by atoms with Gasteiger partial charge in [-0.15, -0.1) is 0 Å². The van der Waals surface area contributed by atoms with Crippen molar-refractivity contribution in [2.24, 2.45) is 0 Å². The predicted molar refractivity (Wildman–Crippen MR) is 136 cm³/mol. The molecule has 1 atom stereocenters. The SMILES string of the molecule is CN(C)CCNCC(=O)NC(Sc1ncccc1C(=O)Nc1ccc(C(F)(F)F)cc1)c1ccncc1. The van der Waals surface area contributed by atoms with Crippen molar-refractivity contribution >= 4 is 29.3 Å². The Bertz CT molecular complexity index is 1180. The molecule has 2 heterocycles. The number of aromatic nitrogens is 2. The first-order valence-corrected chi connectivity index (χ1v) is 12.2. The molecule has 3 rings (SSSR count). The molecule has 1 aromatic carbocycles. The fourth-order valence-corrected chi connectivity index (χ4v) is 4.25. The fraction of sp³-hybridized carbons (Fsp3) is 0.280. The molecule has 0 aliphatic heterocycles. The van der Waals surface area contributed by atoms with Crippen molar-refractivity contribution in [1.82, 2.24) is 25.5 Å². The summed E-state index contributed by atoms with van der Waals surface area (Å²) in [4.78, 5) is 35.9. The second-order valence-corrected chi connectivity index (χ2v) is 9.31. The molecule has 1 unspecified atom stereocenters. The van der Waals surface area contributed by atoms with Gasteiger partial charge in [0.15, 0.2) is 0 Å². The molecule has 0 bridgehead atoms. The number of pyridine rings is 2. The van der Waals surface area contributed by atoms with Crippen LogP contribution < -0.4 is 16.0 Å². The van der Waals surface area contributed by atoms with Crippen LogP contribution in [0.5, 0.6) is 0 Å². The van der Waals surface area contributed by atoms with Gasteiger partial charge in [0, 0.05) is 37.4 Å². The minimum atomic E-state index is -4.47. The van der Waals surface area contributed by atoms with E-state index in [4.69, 9.17) is 0 Å². The second kappa shape index (κ2) is 13.2. The zero-order valence-electron chi connectivity index (χ0n) is 20.2. The third-order valence-electron chi connectivity index (χ3n) is 5.04. The van der Waals surface area contributed by atoms with Crippen LogP contribution in [-0.4, -0.2) is 60.4 Å². The lowest BCUT2D eigenvalue weighted by Crippen LogP contribution is -2.37. The number of halogens is 3. The van der Waals surface area contributed by atoms with E-state index in [-0.39, 0.29) is 23.7 Å². The van der Waals surface area contributed by atoms with Crippen LogP contribution in [-0.2, 0) is 11.0 Å². The van der Waals surface area contributed by atoms with E-state index >= 15 is 0 Å². The highest BCUT2D eigenvalue weighted by atomic mass is 32.2. The summed E-state index contributed by atoms with van der Waals surface area (Å²) >= 11 is 1.17. The van der Waals surface area contributed by atoms with Crippen LogP contribution in [0.15, 0.2) is 72.1 Å². The summed E-state index contributed by atoms with van der Waals surface area (Å²) in [5.41, 5.74) is 0.363. The van der Waals surface area contributed by atoms with Crippen molar-refractivity contribution in [2.45, 2.75) is 16.6 Å². The van der Waals surface area contributed by atoms with Crippen molar-refractivity contribution in [2.75, 3.05) is 39.0 Å². The summed E-state index contributed by atoms with van der Waals surface area (Å²) in [5, 5.41) is 8.40. The first-order valence-electron chi connectivity index (χ1n) is 11.3. The second-order valence-electron chi connectivity index (χ2n) is 8.21. The summed E-state index contributed by atoms with van der Waals surface area (Å²) in [6.45, 7) is 1.53. The number of nitrogens with zero attached hydrogens (tertiary/aromatic N) is 3. The van der Waals surface area contributed by atoms with Crippen LogP contribution in [0.3, 0.4) is 0 Å². The molecule has 0 radical (unpaired) electrons. The fourth-order valence-electron chi connectivity index (χ4n) is 3.13. The van der Waals surface area contributed by atoms with Gasteiger partial charge in [-0.1, -0.05) is 11.8 Å². The summed E-state index contributed by atoms with van der Waals surface area (Å²) in [6, 6.07) is 10.8. The highest BCUT2D eigenvalue weighted by Crippen LogP contribution is 2.34. The zero-order chi connectivity index (χ0) is 26.8. The molecule has 37 heavy (non-hydrogen) atoms. The van der Waals surface area contributed by atoms with Crippen LogP contribution in [0.25, 0.3) is 0 Å². The van der Waals surface area contributed by atoms with E-state index in [0.29, 0.717) is 11.6 Å². The van der Waals surface area contributed by atoms with Crippen molar-refractivity contribution in [3.05, 3.63) is 83.8 Å². The molecule has 0 spiro atoms. The number of hydrogen-bond donors (Lipinski definition) is 3. The van der Waals surface area contributed by atoms with E-state index in [9.17, 15) is 22.8 Å². The predicted octanol–water partition coefficient (Wildman–Crippen LogP) is 3.81. The third kappa shape index (κ3) is 8.85. The monoisotopic (exact) mass is 532 g/mol. The molecule has 0 fully saturated rings. The Morgan fingerprint density at radius 1 is 1.03 bits per heavy atom. The Hall–Kier alpha value is -3.48. The molecule has 0 saturated heterocycles. The van der Waals surface area contributed by atoms with E-state index in [1.165, 1.54) is 30.1 Å². The number of amides is 2. The first-order chi connectivity index (χ1) is 17.6. The standard InChI is InChI=1S/C25H27F3N6O2S/c1-34(2)15-14-30-16-21(35)33-23(17-9-12-29-13-10-17)37-24-20(4-3-11-31-24)22(36)32-19-7-5-18(6-8-19)25(26,27)28/h3-13,23,30H,14-16H2,1-2H3,(H,32,36)(H,33,35). The zero-order valence-corrected chi connectivity index (χ0v) is 21.1. The number of hydrogen-bond acceptors (Lipinski definition) is 7. The summed E-state index contributed by atoms with van der Waals surface area (Å²) in [5.74, 6) is -0.778. The highest BCUT2D eigenvalue weighted by molar-refractivity contribution is 7.99. The van der Waals surface area contributed by atoms with Gasteiger partial charge in [0.25, 0.3) is 5.91 Å². The van der Waals surface area contributed by atoms with Gasteiger partial charge in [0.2, 0.25) is 5.91 Å². The van der Waals surface area contributed by atoms with E-state index in [2.05, 4.69) is 25.9 Å². The van der Waals surface area contributed by atoms with Gasteiger partial charge in [-0.25, -0.2) is 4.98 Å². The molecule has 2 amide bonds. The quantitative estimate of drug-likeness (QED) is 0.196. The maximum atomic E-state index is 13.0. The Kier molecular flexibility index (Phi) is 10.0. The van der Waals surface area contributed by atoms with Gasteiger partial charge in [-0.3, -0.25) is 14.6 Å². The number of anilines is 1. The Morgan fingerprint density at radius 2 is 1.73 bits per heavy atom. The normalized spacial score (nSPS) is 12.3. The molecular weight excluding hydrogens is 505 g/mol. The van der Waals surface area contributed by atoms with Crippen molar-refractivity contribution in [1.29, 1.82) is 0 Å². The van der Waals surface area contributed by atoms with Gasteiger partial charge in [-0.05, 0) is 68.2 Å². The highest BCUT2D eigenvalue weighted by Gasteiger charge is 2.30. The number of alkyl halides is 3. The minimum absolute atomic E-state index is 0.111. The van der Waals surface area contributed by atoms with Crippen molar-refractivity contribution < 1.29 is 22.8 Å². The lowest BCUT2D eigenvalue weighted by atomic mass is 10.2. The number of rotatable bonds is 11. The summed E-state index contributed by atoms with van der Waals surface area (Å²) in [6.07, 6.45) is 0.248. The van der Waals surface area contributed by atoms with E-state index in [1.807, 2.05) is 19.0 Å². The molecule has 8 nitrogen and oxygen atoms in total. The molecule has 0 aliphatic carbocycles. The van der Waals surface area contributed by atoms with Gasteiger partial charge < -0.3 is 20.9 Å². The topological polar surface area (TPSA) is 99.3 Å². The molecule has 2 aromatic heterocycles. The van der Waals surface area contributed by atoms with E-state index in [1.54, 1.807) is 36.7 Å². The van der Waals surface area contributed by atoms with Gasteiger partial charge in [0.1, 0.15) is 10.4 Å². The van der Waals surface area contributed by atoms with E-state index in [0.717, 1.165) is 24.2 Å². The van der Waals surface area contributed by atoms with Crippen molar-refractivity contribution in [3.8, 4) is 0 Å². The average molecular weight is 533 g/mol. The smallest absolute Gasteiger partial charge is 0.339 e. The number of benzene rings is 1. The maximum Gasteiger partial charge on any atom is 0.416 e. The molecule has 3 aromatic rings. The minimum Gasteiger partial charge on any atom is -0.339 e. The maximum absolute atomic E-state index is 13.0. The molecule has 0 saturated carbocycles. The number of thioether (sulfide) groups is 1. The van der Waals surface area contributed by atoms with Crippen LogP contribution in [0.4, 0.5) is 18.9 Å². The van der Waals surface area contributed by atoms with Gasteiger partial charge >= 0.3 is 6.18 Å². The van der Waals surface area contributed by atoms with Crippen LogP contribution in [0.1, 0.15) is 26.9 Å². The number of likely N-dealkylation sites (N-methyl/N-ethyl adjacent to an activating group) is 1. The lowest BCUT2D eigenvalue weighted by Gasteiger charge is -2.20. The van der Waals surface area contributed by atoms with Crippen molar-refractivity contribution in [3.63, 3.8) is 0 Å². The number of carbonyl (C=O) groups is 2. The Labute approximate surface area is 217 Å². The lowest BCUT2D eigenvalue weighted by molar-refractivity contribution is -0.137. The molecule has 12 heteroatoms. The van der Waals surface area contributed by atoms with Gasteiger partial charge in [-0.2, -0.15) is 13.2 Å².